The largest absolute Gasteiger partial charge is 0.444 e. The number of aryl methyl sites for hydroxylation is 2. The third kappa shape index (κ3) is 8.61. The normalized spacial score (nSPS) is 13.2. The van der Waals surface area contributed by atoms with E-state index in [1.807, 2.05) is 66.7 Å². The number of carbonyl (C=O) groups excluding carboxylic acids is 3. The molecule has 0 saturated heterocycles. The Labute approximate surface area is 240 Å². The monoisotopic (exact) mass is 547 g/mol. The van der Waals surface area contributed by atoms with Gasteiger partial charge in [-0.25, -0.2) is 4.79 Å². The van der Waals surface area contributed by atoms with Crippen molar-refractivity contribution in [3.63, 3.8) is 0 Å². The molecule has 0 fully saturated rings. The van der Waals surface area contributed by atoms with E-state index in [2.05, 4.69) is 16.6 Å². The summed E-state index contributed by atoms with van der Waals surface area (Å²) in [5.74, 6) is 1.95. The van der Waals surface area contributed by atoms with Crippen LogP contribution < -0.4 is 10.6 Å². The molecule has 0 aromatic heterocycles. The Hall–Kier alpha value is -3.79. The molecule has 0 radical (unpaired) electrons. The van der Waals surface area contributed by atoms with Gasteiger partial charge in [0.2, 0.25) is 5.91 Å². The highest BCUT2D eigenvalue weighted by molar-refractivity contribution is 6.00. The number of anilines is 1. The molecule has 2 N–H and O–H groups in total. The van der Waals surface area contributed by atoms with E-state index >= 15 is 0 Å². The maximum absolute atomic E-state index is 14.5. The molecule has 2 aromatic rings. The summed E-state index contributed by atoms with van der Waals surface area (Å²) in [5, 5.41) is 5.85. The lowest BCUT2D eigenvalue weighted by molar-refractivity contribution is -0.147. The molecular formula is C33H45N3O4. The SMILES string of the molecule is C#Cc1ccccc1C(C(=O)Nc1c(C)cccc1C)N(C(=O)C(CC(C)C)NC(=O)OC(C)(C)C)C(C)(C)C. The first-order valence-corrected chi connectivity index (χ1v) is 13.7. The van der Waals surface area contributed by atoms with Gasteiger partial charge in [0, 0.05) is 16.8 Å². The van der Waals surface area contributed by atoms with Crippen molar-refractivity contribution >= 4 is 23.6 Å². The molecule has 0 heterocycles. The maximum atomic E-state index is 14.5. The van der Waals surface area contributed by atoms with Crippen LogP contribution in [0.2, 0.25) is 0 Å². The van der Waals surface area contributed by atoms with E-state index in [4.69, 9.17) is 11.2 Å². The smallest absolute Gasteiger partial charge is 0.408 e. The molecule has 3 amide bonds. The molecule has 216 valence electrons. The summed E-state index contributed by atoms with van der Waals surface area (Å²) in [7, 11) is 0. The summed E-state index contributed by atoms with van der Waals surface area (Å²) in [5.41, 5.74) is 1.95. The van der Waals surface area contributed by atoms with Gasteiger partial charge in [0.1, 0.15) is 17.7 Å². The van der Waals surface area contributed by atoms with Gasteiger partial charge >= 0.3 is 6.09 Å². The van der Waals surface area contributed by atoms with E-state index in [9.17, 15) is 14.4 Å². The number of alkyl carbamates (subject to hydrolysis) is 1. The van der Waals surface area contributed by atoms with Gasteiger partial charge in [-0.15, -0.1) is 6.42 Å². The van der Waals surface area contributed by atoms with Crippen LogP contribution in [0.3, 0.4) is 0 Å². The summed E-state index contributed by atoms with van der Waals surface area (Å²) in [6.07, 6.45) is 5.53. The summed E-state index contributed by atoms with van der Waals surface area (Å²) in [6, 6.07) is 10.9. The van der Waals surface area contributed by atoms with Crippen LogP contribution in [-0.4, -0.2) is 40.0 Å². The Morgan fingerprint density at radius 3 is 2.02 bits per heavy atom. The molecule has 7 nitrogen and oxygen atoms in total. The van der Waals surface area contributed by atoms with Gasteiger partial charge in [-0.1, -0.05) is 56.2 Å². The average Bonchev–Trinajstić information content (AvgIpc) is 2.81. The minimum atomic E-state index is -1.08. The number of hydrogen-bond acceptors (Lipinski definition) is 4. The van der Waals surface area contributed by atoms with Gasteiger partial charge < -0.3 is 20.3 Å². The number of nitrogens with zero attached hydrogens (tertiary/aromatic N) is 1. The number of benzene rings is 2. The highest BCUT2D eigenvalue weighted by atomic mass is 16.6. The van der Waals surface area contributed by atoms with Crippen LogP contribution in [0.25, 0.3) is 0 Å². The van der Waals surface area contributed by atoms with E-state index in [0.717, 1.165) is 11.1 Å². The number of amides is 3. The van der Waals surface area contributed by atoms with Crippen LogP contribution in [0.15, 0.2) is 42.5 Å². The van der Waals surface area contributed by atoms with Crippen LogP contribution in [0, 0.1) is 32.1 Å². The van der Waals surface area contributed by atoms with E-state index in [-0.39, 0.29) is 5.92 Å². The Balaban J connectivity index is 2.70. The van der Waals surface area contributed by atoms with Gasteiger partial charge in [0.05, 0.1) is 0 Å². The van der Waals surface area contributed by atoms with Crippen molar-refractivity contribution in [3.05, 3.63) is 64.7 Å². The van der Waals surface area contributed by atoms with Gasteiger partial charge in [-0.05, 0) is 90.5 Å². The Morgan fingerprint density at radius 1 is 0.950 bits per heavy atom. The van der Waals surface area contributed by atoms with Crippen molar-refractivity contribution in [2.75, 3.05) is 5.32 Å². The molecule has 0 saturated carbocycles. The van der Waals surface area contributed by atoms with Crippen molar-refractivity contribution in [2.24, 2.45) is 5.92 Å². The second-order valence-electron chi connectivity index (χ2n) is 12.6. The summed E-state index contributed by atoms with van der Waals surface area (Å²) >= 11 is 0. The lowest BCUT2D eigenvalue weighted by Gasteiger charge is -2.43. The number of carbonyl (C=O) groups is 3. The van der Waals surface area contributed by atoms with Gasteiger partial charge in [-0.3, -0.25) is 9.59 Å². The third-order valence-electron chi connectivity index (χ3n) is 6.30. The van der Waals surface area contributed by atoms with Crippen molar-refractivity contribution in [1.82, 2.24) is 10.2 Å². The fourth-order valence-corrected chi connectivity index (χ4v) is 4.62. The van der Waals surface area contributed by atoms with Gasteiger partial charge in [-0.2, -0.15) is 0 Å². The van der Waals surface area contributed by atoms with Crippen LogP contribution in [-0.2, 0) is 14.3 Å². The molecule has 7 heteroatoms. The highest BCUT2D eigenvalue weighted by Crippen LogP contribution is 2.34. The predicted molar refractivity (Wildman–Crippen MR) is 161 cm³/mol. The number of nitrogens with one attached hydrogen (secondary N) is 2. The molecule has 2 unspecified atom stereocenters. The average molecular weight is 548 g/mol. The highest BCUT2D eigenvalue weighted by Gasteiger charge is 2.42. The predicted octanol–water partition coefficient (Wildman–Crippen LogP) is 6.53. The Kier molecular flexibility index (Phi) is 10.6. The lowest BCUT2D eigenvalue weighted by Crippen LogP contribution is -2.58. The molecule has 0 spiro atoms. The fourth-order valence-electron chi connectivity index (χ4n) is 4.62. The first kappa shape index (κ1) is 32.4. The zero-order valence-corrected chi connectivity index (χ0v) is 25.6. The van der Waals surface area contributed by atoms with Crippen LogP contribution in [0.1, 0.15) is 90.1 Å². The number of hydrogen-bond donors (Lipinski definition) is 2. The first-order valence-electron chi connectivity index (χ1n) is 13.7. The maximum Gasteiger partial charge on any atom is 0.408 e. The van der Waals surface area contributed by atoms with E-state index < -0.39 is 41.1 Å². The third-order valence-corrected chi connectivity index (χ3v) is 6.30. The van der Waals surface area contributed by atoms with Crippen LogP contribution in [0.5, 0.6) is 0 Å². The van der Waals surface area contributed by atoms with Crippen molar-refractivity contribution < 1.29 is 19.1 Å². The molecule has 0 aliphatic rings. The minimum Gasteiger partial charge on any atom is -0.444 e. The van der Waals surface area contributed by atoms with Crippen molar-refractivity contribution in [2.45, 2.75) is 98.9 Å². The fraction of sp³-hybridized carbons (Fsp3) is 0.485. The molecule has 40 heavy (non-hydrogen) atoms. The zero-order chi connectivity index (χ0) is 30.4. The molecular weight excluding hydrogens is 502 g/mol. The minimum absolute atomic E-state index is 0.0746. The second-order valence-corrected chi connectivity index (χ2v) is 12.6. The Morgan fingerprint density at radius 2 is 1.52 bits per heavy atom. The van der Waals surface area contributed by atoms with Crippen molar-refractivity contribution in [3.8, 4) is 12.3 Å². The topological polar surface area (TPSA) is 87.7 Å². The van der Waals surface area contributed by atoms with E-state index in [1.165, 1.54) is 4.90 Å². The zero-order valence-electron chi connectivity index (χ0n) is 25.6. The molecule has 2 atom stereocenters. The van der Waals surface area contributed by atoms with Gasteiger partial charge in [0.15, 0.2) is 0 Å². The molecule has 0 aliphatic carbocycles. The van der Waals surface area contributed by atoms with E-state index in [1.54, 1.807) is 45.0 Å². The summed E-state index contributed by atoms with van der Waals surface area (Å²) < 4.78 is 5.47. The standard InChI is InChI=1S/C33H45N3O4/c1-12-24-18-13-14-19-25(24)28(29(37)35-27-22(4)16-15-17-23(27)5)36(32(6,7)8)30(38)26(20-21(2)3)34-31(39)40-33(9,10)11/h1,13-19,21,26,28H,20H2,2-11H3,(H,34,39)(H,35,37). The Bertz CT molecular complexity index is 1240. The second kappa shape index (κ2) is 13.0. The molecule has 2 rings (SSSR count). The molecule has 0 bridgehead atoms. The first-order chi connectivity index (χ1) is 18.5. The number of terminal acetylenes is 1. The van der Waals surface area contributed by atoms with Gasteiger partial charge in [0.25, 0.3) is 5.91 Å². The summed E-state index contributed by atoms with van der Waals surface area (Å²) in [4.78, 5) is 43.0. The van der Waals surface area contributed by atoms with Crippen molar-refractivity contribution in [1.29, 1.82) is 0 Å². The van der Waals surface area contributed by atoms with Crippen LogP contribution in [0.4, 0.5) is 10.5 Å². The molecule has 2 aromatic carbocycles. The van der Waals surface area contributed by atoms with Crippen LogP contribution >= 0.6 is 0 Å². The van der Waals surface area contributed by atoms with E-state index in [0.29, 0.717) is 23.2 Å². The quantitative estimate of drug-likeness (QED) is 0.368. The number of rotatable bonds is 8. The lowest BCUT2D eigenvalue weighted by atomic mass is 9.91. The molecule has 0 aliphatic heterocycles. The summed E-state index contributed by atoms with van der Waals surface area (Å²) in [6.45, 7) is 18.7. The number of ether oxygens (including phenoxy) is 1. The number of para-hydroxylation sites is 1.